The van der Waals surface area contributed by atoms with E-state index in [1.54, 1.807) is 24.3 Å². The summed E-state index contributed by atoms with van der Waals surface area (Å²) < 4.78 is 14.7. The molecule has 0 radical (unpaired) electrons. The first kappa shape index (κ1) is 28.6. The SMILES string of the molecule is COC(=O)CCc1ccc(CC(NC(=O)C(CC(C)C)c2ccc(OC(C)=O)cc2)C(=O)OC)cc1. The van der Waals surface area contributed by atoms with Gasteiger partial charge in [0.05, 0.1) is 20.1 Å². The Balaban J connectivity index is 2.15. The molecule has 194 valence electrons. The highest BCUT2D eigenvalue weighted by atomic mass is 16.5. The van der Waals surface area contributed by atoms with Gasteiger partial charge in [0.1, 0.15) is 11.8 Å². The quantitative estimate of drug-likeness (QED) is 0.351. The summed E-state index contributed by atoms with van der Waals surface area (Å²) >= 11 is 0. The second-order valence-electron chi connectivity index (χ2n) is 9.03. The van der Waals surface area contributed by atoms with Crippen molar-refractivity contribution in [1.82, 2.24) is 5.32 Å². The van der Waals surface area contributed by atoms with Crippen LogP contribution < -0.4 is 10.1 Å². The number of esters is 3. The fraction of sp³-hybridized carbons (Fsp3) is 0.429. The maximum Gasteiger partial charge on any atom is 0.328 e. The van der Waals surface area contributed by atoms with E-state index >= 15 is 0 Å². The number of rotatable bonds is 12. The number of hydrogen-bond donors (Lipinski definition) is 1. The molecule has 0 fully saturated rings. The minimum Gasteiger partial charge on any atom is -0.469 e. The van der Waals surface area contributed by atoms with Crippen LogP contribution in [0.5, 0.6) is 5.75 Å². The average Bonchev–Trinajstić information content (AvgIpc) is 2.85. The lowest BCUT2D eigenvalue weighted by molar-refractivity contribution is -0.145. The van der Waals surface area contributed by atoms with E-state index in [-0.39, 0.29) is 30.6 Å². The Morgan fingerprint density at radius 2 is 1.47 bits per heavy atom. The lowest BCUT2D eigenvalue weighted by atomic mass is 9.89. The molecule has 0 saturated carbocycles. The molecule has 0 heterocycles. The van der Waals surface area contributed by atoms with Crippen molar-refractivity contribution in [3.05, 3.63) is 65.2 Å². The van der Waals surface area contributed by atoms with Gasteiger partial charge in [-0.3, -0.25) is 14.4 Å². The van der Waals surface area contributed by atoms with Gasteiger partial charge in [-0.2, -0.15) is 0 Å². The number of aryl methyl sites for hydroxylation is 1. The van der Waals surface area contributed by atoms with Crippen LogP contribution in [0.1, 0.15) is 56.2 Å². The van der Waals surface area contributed by atoms with Crippen LogP contribution in [0.2, 0.25) is 0 Å². The van der Waals surface area contributed by atoms with Crippen LogP contribution in [-0.4, -0.2) is 44.1 Å². The van der Waals surface area contributed by atoms with Crippen LogP contribution in [0, 0.1) is 5.92 Å². The molecule has 0 aliphatic rings. The number of hydrogen-bond acceptors (Lipinski definition) is 7. The molecule has 8 nitrogen and oxygen atoms in total. The van der Waals surface area contributed by atoms with Crippen LogP contribution in [0.4, 0.5) is 0 Å². The number of nitrogens with one attached hydrogen (secondary N) is 1. The molecule has 36 heavy (non-hydrogen) atoms. The van der Waals surface area contributed by atoms with Gasteiger partial charge in [0, 0.05) is 19.8 Å². The van der Waals surface area contributed by atoms with Gasteiger partial charge >= 0.3 is 17.9 Å². The Kier molecular flexibility index (Phi) is 11.1. The van der Waals surface area contributed by atoms with Crippen molar-refractivity contribution in [2.24, 2.45) is 5.92 Å². The second-order valence-corrected chi connectivity index (χ2v) is 9.03. The van der Waals surface area contributed by atoms with Gasteiger partial charge in [-0.25, -0.2) is 4.79 Å². The molecule has 0 saturated heterocycles. The van der Waals surface area contributed by atoms with Gasteiger partial charge in [-0.15, -0.1) is 0 Å². The van der Waals surface area contributed by atoms with Gasteiger partial charge in [0.15, 0.2) is 0 Å². The molecule has 0 aliphatic heterocycles. The summed E-state index contributed by atoms with van der Waals surface area (Å²) in [6.45, 7) is 5.37. The Morgan fingerprint density at radius 3 is 2.00 bits per heavy atom. The second kappa shape index (κ2) is 14.0. The summed E-state index contributed by atoms with van der Waals surface area (Å²) in [6.07, 6.45) is 1.67. The number of amides is 1. The van der Waals surface area contributed by atoms with Gasteiger partial charge in [-0.05, 0) is 47.6 Å². The van der Waals surface area contributed by atoms with E-state index in [4.69, 9.17) is 9.47 Å². The van der Waals surface area contributed by atoms with Crippen LogP contribution in [0.15, 0.2) is 48.5 Å². The summed E-state index contributed by atoms with van der Waals surface area (Å²) in [4.78, 5) is 48.4. The summed E-state index contributed by atoms with van der Waals surface area (Å²) in [5, 5.41) is 2.87. The Bertz CT molecular complexity index is 1030. The van der Waals surface area contributed by atoms with Gasteiger partial charge in [0.2, 0.25) is 5.91 Å². The standard InChI is InChI=1S/C28H35NO7/c1-18(2)16-24(22-11-13-23(14-12-22)36-19(3)30)27(32)29-25(28(33)35-5)17-21-8-6-20(7-9-21)10-15-26(31)34-4/h6-9,11-14,18,24-25H,10,15-17H2,1-5H3,(H,29,32). The van der Waals surface area contributed by atoms with Crippen molar-refractivity contribution in [2.45, 2.75) is 58.4 Å². The van der Waals surface area contributed by atoms with E-state index in [0.717, 1.165) is 16.7 Å². The molecular weight excluding hydrogens is 462 g/mol. The Labute approximate surface area is 212 Å². The predicted octanol–water partition coefficient (Wildman–Crippen LogP) is 3.75. The van der Waals surface area contributed by atoms with Crippen molar-refractivity contribution >= 4 is 23.8 Å². The molecule has 1 N–H and O–H groups in total. The molecule has 0 aliphatic carbocycles. The van der Waals surface area contributed by atoms with Crippen molar-refractivity contribution in [3.8, 4) is 5.75 Å². The minimum absolute atomic E-state index is 0.225. The van der Waals surface area contributed by atoms with E-state index in [2.05, 4.69) is 10.1 Å². The topological polar surface area (TPSA) is 108 Å². The summed E-state index contributed by atoms with van der Waals surface area (Å²) in [6, 6.07) is 13.5. The molecule has 0 spiro atoms. The first-order valence-electron chi connectivity index (χ1n) is 11.9. The summed E-state index contributed by atoms with van der Waals surface area (Å²) in [7, 11) is 2.65. The van der Waals surface area contributed by atoms with E-state index in [1.807, 2.05) is 38.1 Å². The van der Waals surface area contributed by atoms with Gasteiger partial charge in [0.25, 0.3) is 0 Å². The van der Waals surface area contributed by atoms with Crippen LogP contribution in [0.3, 0.4) is 0 Å². The largest absolute Gasteiger partial charge is 0.469 e. The van der Waals surface area contributed by atoms with Crippen molar-refractivity contribution in [1.29, 1.82) is 0 Å². The van der Waals surface area contributed by atoms with Crippen molar-refractivity contribution in [2.75, 3.05) is 14.2 Å². The average molecular weight is 498 g/mol. The lowest BCUT2D eigenvalue weighted by Gasteiger charge is -2.23. The molecule has 2 unspecified atom stereocenters. The zero-order chi connectivity index (χ0) is 26.7. The smallest absolute Gasteiger partial charge is 0.328 e. The van der Waals surface area contributed by atoms with Gasteiger partial charge < -0.3 is 19.5 Å². The van der Waals surface area contributed by atoms with E-state index < -0.39 is 23.9 Å². The fourth-order valence-electron chi connectivity index (χ4n) is 3.83. The number of ether oxygens (including phenoxy) is 3. The zero-order valence-corrected chi connectivity index (χ0v) is 21.5. The first-order chi connectivity index (χ1) is 17.1. The highest BCUT2D eigenvalue weighted by molar-refractivity contribution is 5.88. The van der Waals surface area contributed by atoms with E-state index in [9.17, 15) is 19.2 Å². The zero-order valence-electron chi connectivity index (χ0n) is 21.5. The third-order valence-corrected chi connectivity index (χ3v) is 5.68. The van der Waals surface area contributed by atoms with Crippen LogP contribution >= 0.6 is 0 Å². The van der Waals surface area contributed by atoms with Crippen molar-refractivity contribution < 1.29 is 33.4 Å². The highest BCUT2D eigenvalue weighted by Crippen LogP contribution is 2.26. The number of carbonyl (C=O) groups is 4. The fourth-order valence-corrected chi connectivity index (χ4v) is 3.83. The van der Waals surface area contributed by atoms with Crippen LogP contribution in [-0.2, 0) is 41.5 Å². The molecule has 2 aromatic rings. The monoisotopic (exact) mass is 497 g/mol. The number of methoxy groups -OCH3 is 2. The molecule has 2 rings (SSSR count). The molecule has 1 amide bonds. The Morgan fingerprint density at radius 1 is 0.861 bits per heavy atom. The molecule has 2 aromatic carbocycles. The maximum atomic E-state index is 13.3. The van der Waals surface area contributed by atoms with Crippen molar-refractivity contribution in [3.63, 3.8) is 0 Å². The molecular formula is C28H35NO7. The summed E-state index contributed by atoms with van der Waals surface area (Å²) in [5.74, 6) is -1.38. The van der Waals surface area contributed by atoms with E-state index in [1.165, 1.54) is 21.1 Å². The van der Waals surface area contributed by atoms with E-state index in [0.29, 0.717) is 18.6 Å². The molecule has 0 aromatic heterocycles. The number of carbonyl (C=O) groups excluding carboxylic acids is 4. The Hall–Kier alpha value is -3.68. The molecule has 2 atom stereocenters. The lowest BCUT2D eigenvalue weighted by Crippen LogP contribution is -2.45. The normalized spacial score (nSPS) is 12.4. The summed E-state index contributed by atoms with van der Waals surface area (Å²) in [5.41, 5.74) is 2.58. The molecule has 0 bridgehead atoms. The minimum atomic E-state index is -0.863. The number of benzene rings is 2. The maximum absolute atomic E-state index is 13.3. The first-order valence-corrected chi connectivity index (χ1v) is 11.9. The molecule has 8 heteroatoms. The third-order valence-electron chi connectivity index (χ3n) is 5.68. The predicted molar refractivity (Wildman–Crippen MR) is 134 cm³/mol. The van der Waals surface area contributed by atoms with Gasteiger partial charge in [-0.1, -0.05) is 50.2 Å². The van der Waals surface area contributed by atoms with Crippen LogP contribution in [0.25, 0.3) is 0 Å². The third kappa shape index (κ3) is 9.17. The highest BCUT2D eigenvalue weighted by Gasteiger charge is 2.28.